The van der Waals surface area contributed by atoms with Crippen molar-refractivity contribution >= 4 is 38.0 Å². The van der Waals surface area contributed by atoms with Crippen LogP contribution in [0, 0.1) is 5.92 Å². The number of halogens is 1. The van der Waals surface area contributed by atoms with Crippen LogP contribution in [0.3, 0.4) is 0 Å². The van der Waals surface area contributed by atoms with Crippen LogP contribution < -0.4 is 4.74 Å². The van der Waals surface area contributed by atoms with E-state index in [0.29, 0.717) is 49.4 Å². The van der Waals surface area contributed by atoms with Crippen LogP contribution in [0.2, 0.25) is 0 Å². The van der Waals surface area contributed by atoms with Gasteiger partial charge in [0.2, 0.25) is 10.0 Å². The topological polar surface area (TPSA) is 93.2 Å². The fourth-order valence-electron chi connectivity index (χ4n) is 3.55. The van der Waals surface area contributed by atoms with Crippen molar-refractivity contribution in [3.8, 4) is 5.75 Å². The minimum absolute atomic E-state index is 0.119. The summed E-state index contributed by atoms with van der Waals surface area (Å²) in [6.07, 6.45) is 1.93. The summed E-state index contributed by atoms with van der Waals surface area (Å²) in [6, 6.07) is 3.51. The van der Waals surface area contributed by atoms with Gasteiger partial charge in [-0.25, -0.2) is 22.4 Å². The molecule has 0 spiro atoms. The van der Waals surface area contributed by atoms with Gasteiger partial charge >= 0.3 is 6.09 Å². The fraction of sp³-hybridized carbons (Fsp3) is 0.600. The van der Waals surface area contributed by atoms with Gasteiger partial charge in [-0.3, -0.25) is 4.79 Å². The monoisotopic (exact) mass is 502 g/mol. The molecule has 0 atom stereocenters. The Bertz CT molecular complexity index is 949. The zero-order valence-electron chi connectivity index (χ0n) is 17.6. The second kappa shape index (κ2) is 8.47. The average molecular weight is 503 g/mol. The Morgan fingerprint density at radius 1 is 1.23 bits per heavy atom. The number of ether oxygens (including phenoxy) is 2. The predicted molar refractivity (Wildman–Crippen MR) is 115 cm³/mol. The van der Waals surface area contributed by atoms with Gasteiger partial charge in [0.1, 0.15) is 11.4 Å². The normalized spacial score (nSPS) is 18.4. The number of piperidine rings is 1. The van der Waals surface area contributed by atoms with Gasteiger partial charge in [0.25, 0.3) is 5.91 Å². The average Bonchev–Trinajstić information content (AvgIpc) is 2.98. The largest absolute Gasteiger partial charge is 0.492 e. The number of sulfonamides is 1. The Labute approximate surface area is 185 Å². The van der Waals surface area contributed by atoms with Crippen molar-refractivity contribution < 1.29 is 27.5 Å². The van der Waals surface area contributed by atoms with Crippen LogP contribution in [-0.2, 0) is 21.3 Å². The zero-order chi connectivity index (χ0) is 22.3. The van der Waals surface area contributed by atoms with E-state index in [2.05, 4.69) is 15.9 Å². The van der Waals surface area contributed by atoms with Gasteiger partial charge in [-0.2, -0.15) is 0 Å². The van der Waals surface area contributed by atoms with Crippen LogP contribution in [0.25, 0.3) is 0 Å². The summed E-state index contributed by atoms with van der Waals surface area (Å²) in [6.45, 7) is 6.68. The summed E-state index contributed by atoms with van der Waals surface area (Å²) < 4.78 is 36.8. The van der Waals surface area contributed by atoms with Gasteiger partial charge in [-0.1, -0.05) is 15.9 Å². The SMILES string of the molecule is CC(C)(C)OC(=O)N1Cc2c(Br)ccc(OCC3CCN(S(C)(=O)=O)CC3)c2C1=O. The second-order valence-electron chi connectivity index (χ2n) is 8.69. The lowest BCUT2D eigenvalue weighted by Gasteiger charge is -2.30. The van der Waals surface area contributed by atoms with Crippen LogP contribution in [0.4, 0.5) is 4.79 Å². The number of hydrogen-bond donors (Lipinski definition) is 0. The van der Waals surface area contributed by atoms with E-state index in [1.54, 1.807) is 32.9 Å². The number of benzene rings is 1. The van der Waals surface area contributed by atoms with Crippen LogP contribution in [-0.4, -0.2) is 61.2 Å². The van der Waals surface area contributed by atoms with E-state index < -0.39 is 27.6 Å². The van der Waals surface area contributed by atoms with Gasteiger partial charge in [-0.05, 0) is 51.7 Å². The van der Waals surface area contributed by atoms with Crippen LogP contribution >= 0.6 is 15.9 Å². The number of amides is 2. The molecule has 2 heterocycles. The van der Waals surface area contributed by atoms with Crippen LogP contribution in [0.15, 0.2) is 16.6 Å². The minimum Gasteiger partial charge on any atom is -0.492 e. The Balaban J connectivity index is 1.69. The summed E-state index contributed by atoms with van der Waals surface area (Å²) in [4.78, 5) is 26.5. The van der Waals surface area contributed by atoms with E-state index in [9.17, 15) is 18.0 Å². The molecule has 2 amide bonds. The molecule has 30 heavy (non-hydrogen) atoms. The Kier molecular flexibility index (Phi) is 6.50. The highest BCUT2D eigenvalue weighted by Gasteiger charge is 2.38. The molecule has 1 aromatic rings. The van der Waals surface area contributed by atoms with Crippen molar-refractivity contribution in [2.75, 3.05) is 26.0 Å². The molecule has 2 aliphatic heterocycles. The molecule has 0 bridgehead atoms. The van der Waals surface area contributed by atoms with Gasteiger partial charge < -0.3 is 9.47 Å². The molecule has 0 unspecified atom stereocenters. The number of rotatable bonds is 4. The molecule has 2 aliphatic rings. The molecule has 0 N–H and O–H groups in total. The third-order valence-corrected chi connectivity index (χ3v) is 7.17. The Hall–Kier alpha value is -1.65. The molecule has 1 aromatic carbocycles. The van der Waals surface area contributed by atoms with Crippen molar-refractivity contribution in [2.45, 2.75) is 45.8 Å². The van der Waals surface area contributed by atoms with Crippen LogP contribution in [0.1, 0.15) is 49.5 Å². The second-order valence-corrected chi connectivity index (χ2v) is 11.5. The van der Waals surface area contributed by atoms with E-state index >= 15 is 0 Å². The van der Waals surface area contributed by atoms with Crippen molar-refractivity contribution in [3.05, 3.63) is 27.7 Å². The van der Waals surface area contributed by atoms with Gasteiger partial charge in [0, 0.05) is 23.1 Å². The highest BCUT2D eigenvalue weighted by molar-refractivity contribution is 9.10. The lowest BCUT2D eigenvalue weighted by molar-refractivity contribution is 0.0247. The first-order valence-electron chi connectivity index (χ1n) is 9.81. The molecule has 166 valence electrons. The molecular weight excluding hydrogens is 476 g/mol. The first-order chi connectivity index (χ1) is 13.9. The lowest BCUT2D eigenvalue weighted by atomic mass is 9.99. The first kappa shape index (κ1) is 23.0. The molecule has 0 radical (unpaired) electrons. The predicted octanol–water partition coefficient (Wildman–Crippen LogP) is 3.39. The molecule has 8 nitrogen and oxygen atoms in total. The third-order valence-electron chi connectivity index (χ3n) is 5.12. The quantitative estimate of drug-likeness (QED) is 0.626. The summed E-state index contributed by atoms with van der Waals surface area (Å²) in [5.74, 6) is 0.179. The summed E-state index contributed by atoms with van der Waals surface area (Å²) >= 11 is 3.45. The molecule has 0 aliphatic carbocycles. The van der Waals surface area contributed by atoms with E-state index in [0.717, 1.165) is 9.37 Å². The highest BCUT2D eigenvalue weighted by Crippen LogP contribution is 2.37. The molecule has 1 fully saturated rings. The molecule has 10 heteroatoms. The Morgan fingerprint density at radius 2 is 1.87 bits per heavy atom. The maximum atomic E-state index is 13.0. The fourth-order valence-corrected chi connectivity index (χ4v) is 4.88. The van der Waals surface area contributed by atoms with E-state index in [1.807, 2.05) is 0 Å². The number of nitrogens with zero attached hydrogens (tertiary/aromatic N) is 2. The molecule has 0 saturated carbocycles. The molecule has 0 aromatic heterocycles. The molecular formula is C20H27BrN2O6S. The summed E-state index contributed by atoms with van der Waals surface area (Å²) in [5.41, 5.74) is 0.350. The summed E-state index contributed by atoms with van der Waals surface area (Å²) in [5, 5.41) is 0. The number of imide groups is 1. The van der Waals surface area contributed by atoms with Gasteiger partial charge in [-0.15, -0.1) is 0 Å². The van der Waals surface area contributed by atoms with Crippen molar-refractivity contribution in [1.29, 1.82) is 0 Å². The van der Waals surface area contributed by atoms with Gasteiger partial charge in [0.15, 0.2) is 0 Å². The van der Waals surface area contributed by atoms with Crippen molar-refractivity contribution in [2.24, 2.45) is 5.92 Å². The van der Waals surface area contributed by atoms with E-state index in [-0.39, 0.29) is 12.5 Å². The standard InChI is InChI=1S/C20H27BrN2O6S/c1-20(2,3)29-19(25)23-11-14-15(21)5-6-16(17(14)18(23)24)28-12-13-7-9-22(10-8-13)30(4,26)27/h5-6,13H,7-12H2,1-4H3. The zero-order valence-corrected chi connectivity index (χ0v) is 20.0. The van der Waals surface area contributed by atoms with Crippen LogP contribution in [0.5, 0.6) is 5.75 Å². The van der Waals surface area contributed by atoms with E-state index in [1.165, 1.54) is 10.6 Å². The van der Waals surface area contributed by atoms with Gasteiger partial charge in [0.05, 0.1) is 25.0 Å². The summed E-state index contributed by atoms with van der Waals surface area (Å²) in [7, 11) is -3.17. The number of carbonyl (C=O) groups excluding carboxylic acids is 2. The molecule has 1 saturated heterocycles. The maximum Gasteiger partial charge on any atom is 0.417 e. The van der Waals surface area contributed by atoms with Crippen molar-refractivity contribution in [1.82, 2.24) is 9.21 Å². The number of hydrogen-bond acceptors (Lipinski definition) is 6. The maximum absolute atomic E-state index is 13.0. The highest BCUT2D eigenvalue weighted by atomic mass is 79.9. The Morgan fingerprint density at radius 3 is 2.43 bits per heavy atom. The smallest absolute Gasteiger partial charge is 0.417 e. The first-order valence-corrected chi connectivity index (χ1v) is 12.4. The third kappa shape index (κ3) is 5.15. The van der Waals surface area contributed by atoms with E-state index in [4.69, 9.17) is 9.47 Å². The molecule has 3 rings (SSSR count). The number of carbonyl (C=O) groups is 2. The van der Waals surface area contributed by atoms with Crippen molar-refractivity contribution in [3.63, 3.8) is 0 Å². The minimum atomic E-state index is -3.17. The lowest BCUT2D eigenvalue weighted by Crippen LogP contribution is -2.39. The number of fused-ring (bicyclic) bond motifs is 1.